The molecular weight excluding hydrogens is 228 g/mol. The summed E-state index contributed by atoms with van der Waals surface area (Å²) in [4.78, 5) is 2.70. The number of hydrogen-bond acceptors (Lipinski definition) is 2. The van der Waals surface area contributed by atoms with E-state index in [4.69, 9.17) is 16.3 Å². The second-order valence-electron chi connectivity index (χ2n) is 4.21. The lowest BCUT2D eigenvalue weighted by Gasteiger charge is -2.14. The lowest BCUT2D eigenvalue weighted by atomic mass is 10.1. The van der Waals surface area contributed by atoms with E-state index in [1.807, 2.05) is 11.3 Å². The van der Waals surface area contributed by atoms with Crippen molar-refractivity contribution in [3.63, 3.8) is 0 Å². The molecule has 0 N–H and O–H groups in total. The molecule has 0 saturated carbocycles. The van der Waals surface area contributed by atoms with Crippen molar-refractivity contribution in [1.82, 2.24) is 0 Å². The average Bonchev–Trinajstić information content (AvgIpc) is 2.75. The zero-order valence-corrected chi connectivity index (χ0v) is 10.8. The zero-order chi connectivity index (χ0) is 10.8. The van der Waals surface area contributed by atoms with Gasteiger partial charge in [-0.2, -0.15) is 0 Å². The number of halogens is 1. The average molecular weight is 245 g/mol. The van der Waals surface area contributed by atoms with Crippen LogP contribution in [-0.2, 0) is 4.74 Å². The molecule has 1 nitrogen and oxygen atoms in total. The third-order valence-corrected chi connectivity index (χ3v) is 4.31. The Bertz CT molecular complexity index is 328. The van der Waals surface area contributed by atoms with Gasteiger partial charge in [-0.1, -0.05) is 0 Å². The normalized spacial score (nSPS) is 23.3. The first-order chi connectivity index (χ1) is 7.16. The van der Waals surface area contributed by atoms with Gasteiger partial charge in [-0.05, 0) is 44.7 Å². The van der Waals surface area contributed by atoms with Crippen LogP contribution in [0.5, 0.6) is 0 Å². The van der Waals surface area contributed by atoms with Crippen molar-refractivity contribution in [2.45, 2.75) is 44.6 Å². The molecule has 0 amide bonds. The fraction of sp³-hybridized carbons (Fsp3) is 0.667. The van der Waals surface area contributed by atoms with E-state index < -0.39 is 0 Å². The van der Waals surface area contributed by atoms with Gasteiger partial charge >= 0.3 is 0 Å². The van der Waals surface area contributed by atoms with Crippen LogP contribution >= 0.6 is 22.9 Å². The monoisotopic (exact) mass is 244 g/mol. The molecule has 1 fully saturated rings. The van der Waals surface area contributed by atoms with Crippen LogP contribution in [0, 0.1) is 13.8 Å². The molecule has 0 bridgehead atoms. The first-order valence-corrected chi connectivity index (χ1v) is 6.74. The molecule has 3 heteroatoms. The van der Waals surface area contributed by atoms with Crippen molar-refractivity contribution in [2.24, 2.45) is 0 Å². The van der Waals surface area contributed by atoms with Crippen molar-refractivity contribution >= 4 is 22.9 Å². The second-order valence-corrected chi connectivity index (χ2v) is 6.19. The maximum absolute atomic E-state index is 6.43. The highest BCUT2D eigenvalue weighted by molar-refractivity contribution is 7.12. The number of rotatable bonds is 3. The molecule has 0 aliphatic carbocycles. The Balaban J connectivity index is 2.00. The molecule has 84 valence electrons. The van der Waals surface area contributed by atoms with Crippen LogP contribution < -0.4 is 0 Å². The fourth-order valence-corrected chi connectivity index (χ4v) is 3.63. The summed E-state index contributed by atoms with van der Waals surface area (Å²) < 4.78 is 5.61. The van der Waals surface area contributed by atoms with E-state index in [0.717, 1.165) is 13.0 Å². The summed E-state index contributed by atoms with van der Waals surface area (Å²) in [6.45, 7) is 5.20. The summed E-state index contributed by atoms with van der Waals surface area (Å²) in [5.74, 6) is 0. The molecule has 0 spiro atoms. The molecule has 1 aliphatic heterocycles. The zero-order valence-electron chi connectivity index (χ0n) is 9.25. The Morgan fingerprint density at radius 3 is 2.93 bits per heavy atom. The number of alkyl halides is 1. The van der Waals surface area contributed by atoms with Gasteiger partial charge in [0, 0.05) is 16.4 Å². The van der Waals surface area contributed by atoms with Crippen molar-refractivity contribution < 1.29 is 4.74 Å². The van der Waals surface area contributed by atoms with Gasteiger partial charge in [-0.25, -0.2) is 0 Å². The van der Waals surface area contributed by atoms with Crippen LogP contribution in [0.25, 0.3) is 0 Å². The minimum atomic E-state index is 0.123. The van der Waals surface area contributed by atoms with Crippen LogP contribution in [0.4, 0.5) is 0 Å². The van der Waals surface area contributed by atoms with Gasteiger partial charge < -0.3 is 4.74 Å². The maximum atomic E-state index is 6.43. The van der Waals surface area contributed by atoms with E-state index in [-0.39, 0.29) is 5.38 Å². The van der Waals surface area contributed by atoms with Crippen LogP contribution in [0.15, 0.2) is 6.07 Å². The third kappa shape index (κ3) is 2.74. The summed E-state index contributed by atoms with van der Waals surface area (Å²) in [5, 5.41) is 0.123. The summed E-state index contributed by atoms with van der Waals surface area (Å²) >= 11 is 8.26. The van der Waals surface area contributed by atoms with Crippen molar-refractivity contribution in [3.05, 3.63) is 21.4 Å². The van der Waals surface area contributed by atoms with Gasteiger partial charge in [0.15, 0.2) is 0 Å². The SMILES string of the molecule is Cc1cc(C(Cl)CC2CCCO2)c(C)s1. The van der Waals surface area contributed by atoms with E-state index in [0.29, 0.717) is 6.10 Å². The maximum Gasteiger partial charge on any atom is 0.0620 e. The Kier molecular flexibility index (Phi) is 3.70. The molecule has 15 heavy (non-hydrogen) atoms. The van der Waals surface area contributed by atoms with Gasteiger partial charge in [-0.15, -0.1) is 22.9 Å². The molecule has 1 aromatic heterocycles. The van der Waals surface area contributed by atoms with Crippen LogP contribution in [0.1, 0.15) is 40.0 Å². The molecule has 1 aromatic rings. The molecule has 1 saturated heterocycles. The number of ether oxygens (including phenoxy) is 1. The van der Waals surface area contributed by atoms with Crippen LogP contribution in [-0.4, -0.2) is 12.7 Å². The fourth-order valence-electron chi connectivity index (χ4n) is 2.15. The number of hydrogen-bond donors (Lipinski definition) is 0. The molecule has 2 unspecified atom stereocenters. The first kappa shape index (κ1) is 11.4. The summed E-state index contributed by atoms with van der Waals surface area (Å²) in [7, 11) is 0. The lowest BCUT2D eigenvalue weighted by molar-refractivity contribution is 0.103. The van der Waals surface area contributed by atoms with Crippen molar-refractivity contribution in [2.75, 3.05) is 6.61 Å². The topological polar surface area (TPSA) is 9.23 Å². The smallest absolute Gasteiger partial charge is 0.0620 e. The quantitative estimate of drug-likeness (QED) is 0.724. The highest BCUT2D eigenvalue weighted by Gasteiger charge is 2.22. The number of aryl methyl sites for hydroxylation is 2. The minimum Gasteiger partial charge on any atom is -0.378 e. The minimum absolute atomic E-state index is 0.123. The predicted molar refractivity (Wildman–Crippen MR) is 66.0 cm³/mol. The van der Waals surface area contributed by atoms with Gasteiger partial charge in [0.05, 0.1) is 11.5 Å². The van der Waals surface area contributed by atoms with Gasteiger partial charge in [0.1, 0.15) is 0 Å². The Morgan fingerprint density at radius 2 is 2.40 bits per heavy atom. The van der Waals surface area contributed by atoms with Gasteiger partial charge in [0.25, 0.3) is 0 Å². The first-order valence-electron chi connectivity index (χ1n) is 5.49. The van der Waals surface area contributed by atoms with Crippen molar-refractivity contribution in [1.29, 1.82) is 0 Å². The van der Waals surface area contributed by atoms with E-state index in [1.165, 1.54) is 28.2 Å². The van der Waals surface area contributed by atoms with E-state index in [2.05, 4.69) is 19.9 Å². The van der Waals surface area contributed by atoms with Crippen molar-refractivity contribution in [3.8, 4) is 0 Å². The highest BCUT2D eigenvalue weighted by atomic mass is 35.5. The van der Waals surface area contributed by atoms with Crippen LogP contribution in [0.2, 0.25) is 0 Å². The summed E-state index contributed by atoms with van der Waals surface area (Å²) in [6, 6.07) is 2.21. The molecule has 2 rings (SSSR count). The standard InChI is InChI=1S/C12H17ClOS/c1-8-6-11(9(2)15-8)12(13)7-10-4-3-5-14-10/h6,10,12H,3-5,7H2,1-2H3. The molecule has 2 atom stereocenters. The second kappa shape index (κ2) is 4.86. The van der Waals surface area contributed by atoms with Gasteiger partial charge in [0.2, 0.25) is 0 Å². The molecule has 1 aliphatic rings. The Labute approximate surface area is 100 Å². The third-order valence-electron chi connectivity index (χ3n) is 2.91. The Morgan fingerprint density at radius 1 is 1.60 bits per heavy atom. The summed E-state index contributed by atoms with van der Waals surface area (Å²) in [6.07, 6.45) is 3.70. The van der Waals surface area contributed by atoms with E-state index in [1.54, 1.807) is 0 Å². The van der Waals surface area contributed by atoms with E-state index >= 15 is 0 Å². The molecule has 0 aromatic carbocycles. The van der Waals surface area contributed by atoms with Crippen LogP contribution in [0.3, 0.4) is 0 Å². The number of thiophene rings is 1. The molecule has 2 heterocycles. The lowest BCUT2D eigenvalue weighted by Crippen LogP contribution is -2.08. The van der Waals surface area contributed by atoms with E-state index in [9.17, 15) is 0 Å². The predicted octanol–water partition coefficient (Wildman–Crippen LogP) is 4.21. The largest absolute Gasteiger partial charge is 0.378 e. The van der Waals surface area contributed by atoms with Gasteiger partial charge in [-0.3, -0.25) is 0 Å². The highest BCUT2D eigenvalue weighted by Crippen LogP contribution is 2.35. The Hall–Kier alpha value is -0.0500. The molecule has 0 radical (unpaired) electrons. The summed E-state index contributed by atoms with van der Waals surface area (Å²) in [5.41, 5.74) is 1.30. The molecular formula is C12H17ClOS.